The third-order valence-corrected chi connectivity index (χ3v) is 3.61. The molecule has 0 radical (unpaired) electrons. The van der Waals surface area contributed by atoms with Gasteiger partial charge in [-0.2, -0.15) is 0 Å². The molecular weight excluding hydrogens is 278 g/mol. The van der Waals surface area contributed by atoms with Crippen LogP contribution in [-0.4, -0.2) is 17.4 Å². The lowest BCUT2D eigenvalue weighted by atomic mass is 9.96. The topological polar surface area (TPSA) is 55.5 Å². The van der Waals surface area contributed by atoms with E-state index in [0.29, 0.717) is 17.9 Å². The fourth-order valence-electron chi connectivity index (χ4n) is 2.19. The summed E-state index contributed by atoms with van der Waals surface area (Å²) in [6.45, 7) is 5.85. The normalized spacial score (nSPS) is 13.5. The molecule has 0 fully saturated rings. The molecule has 0 saturated heterocycles. The monoisotopic (exact) mass is 301 g/mol. The van der Waals surface area contributed by atoms with Gasteiger partial charge in [0.1, 0.15) is 17.0 Å². The van der Waals surface area contributed by atoms with Crippen LogP contribution >= 0.6 is 0 Å². The highest BCUT2D eigenvalue weighted by molar-refractivity contribution is 5.60. The van der Waals surface area contributed by atoms with E-state index in [4.69, 9.17) is 9.26 Å². The number of hydrogen-bond donors (Lipinski definition) is 1. The van der Waals surface area contributed by atoms with Crippen LogP contribution in [0.25, 0.3) is 11.3 Å². The van der Waals surface area contributed by atoms with E-state index in [1.807, 2.05) is 38.1 Å². The summed E-state index contributed by atoms with van der Waals surface area (Å²) in [6, 6.07) is 9.37. The number of allylic oxidation sites excluding steroid dienone is 2. The molecular formula is C18H23NO3. The van der Waals surface area contributed by atoms with Crippen LogP contribution in [0.1, 0.15) is 39.4 Å². The van der Waals surface area contributed by atoms with Gasteiger partial charge in [0.15, 0.2) is 5.76 Å². The Morgan fingerprint density at radius 1 is 1.32 bits per heavy atom. The van der Waals surface area contributed by atoms with E-state index in [0.717, 1.165) is 17.7 Å². The van der Waals surface area contributed by atoms with Crippen molar-refractivity contribution in [2.45, 2.75) is 39.2 Å². The van der Waals surface area contributed by atoms with E-state index in [1.165, 1.54) is 5.57 Å². The fourth-order valence-corrected chi connectivity index (χ4v) is 2.19. The van der Waals surface area contributed by atoms with Crippen LogP contribution in [0.4, 0.5) is 0 Å². The highest BCUT2D eigenvalue weighted by Gasteiger charge is 2.27. The largest absolute Gasteiger partial charge is 0.497 e. The smallest absolute Gasteiger partial charge is 0.168 e. The minimum absolute atomic E-state index is 0.487. The lowest BCUT2D eigenvalue weighted by molar-refractivity contribution is 0.0206. The molecule has 0 aliphatic rings. The van der Waals surface area contributed by atoms with Crippen LogP contribution in [0.5, 0.6) is 5.75 Å². The van der Waals surface area contributed by atoms with E-state index in [2.05, 4.69) is 11.2 Å². The van der Waals surface area contributed by atoms with Gasteiger partial charge in [-0.15, -0.1) is 0 Å². The molecule has 1 unspecified atom stereocenters. The van der Waals surface area contributed by atoms with Crippen molar-refractivity contribution in [1.82, 2.24) is 5.16 Å². The Hall–Kier alpha value is -2.07. The standard InChI is InChI=1S/C18H23NO3/c1-13(2)6-5-11-18(3,20)17-12-16(19-22-17)14-7-9-15(21-4)10-8-14/h6-10,12,20H,5,11H2,1-4H3. The summed E-state index contributed by atoms with van der Waals surface area (Å²) in [6.07, 6.45) is 3.50. The van der Waals surface area contributed by atoms with Gasteiger partial charge in [-0.25, -0.2) is 0 Å². The van der Waals surface area contributed by atoms with Crippen LogP contribution < -0.4 is 4.74 Å². The average molecular weight is 301 g/mol. The van der Waals surface area contributed by atoms with E-state index >= 15 is 0 Å². The average Bonchev–Trinajstić information content (AvgIpc) is 2.97. The first-order chi connectivity index (χ1) is 10.4. The maximum atomic E-state index is 10.6. The predicted octanol–water partition coefficient (Wildman–Crippen LogP) is 4.30. The first-order valence-electron chi connectivity index (χ1n) is 7.40. The molecule has 22 heavy (non-hydrogen) atoms. The minimum Gasteiger partial charge on any atom is -0.497 e. The molecule has 4 nitrogen and oxygen atoms in total. The molecule has 2 aromatic rings. The van der Waals surface area contributed by atoms with Gasteiger partial charge in [-0.3, -0.25) is 0 Å². The van der Waals surface area contributed by atoms with Crippen molar-refractivity contribution >= 4 is 0 Å². The second-order valence-electron chi connectivity index (χ2n) is 5.90. The number of rotatable bonds is 6. The van der Waals surface area contributed by atoms with Crippen molar-refractivity contribution in [1.29, 1.82) is 0 Å². The highest BCUT2D eigenvalue weighted by atomic mass is 16.5. The molecule has 0 spiro atoms. The Kier molecular flexibility index (Phi) is 5.03. The fraction of sp³-hybridized carbons (Fsp3) is 0.389. The van der Waals surface area contributed by atoms with Gasteiger partial charge in [-0.1, -0.05) is 16.8 Å². The van der Waals surface area contributed by atoms with Gasteiger partial charge < -0.3 is 14.4 Å². The number of ether oxygens (including phenoxy) is 1. The van der Waals surface area contributed by atoms with Crippen LogP contribution in [-0.2, 0) is 5.60 Å². The predicted molar refractivity (Wildman–Crippen MR) is 86.7 cm³/mol. The maximum Gasteiger partial charge on any atom is 0.168 e. The van der Waals surface area contributed by atoms with E-state index in [1.54, 1.807) is 20.1 Å². The summed E-state index contributed by atoms with van der Waals surface area (Å²) in [5.41, 5.74) is 1.85. The Morgan fingerprint density at radius 3 is 2.59 bits per heavy atom. The SMILES string of the molecule is COc1ccc(-c2cc(C(C)(O)CCC=C(C)C)on2)cc1. The number of methoxy groups -OCH3 is 1. The van der Waals surface area contributed by atoms with Crippen LogP contribution in [0.2, 0.25) is 0 Å². The molecule has 1 N–H and O–H groups in total. The Morgan fingerprint density at radius 2 is 2.00 bits per heavy atom. The van der Waals surface area contributed by atoms with Gasteiger partial charge in [0.25, 0.3) is 0 Å². The van der Waals surface area contributed by atoms with Gasteiger partial charge in [0, 0.05) is 11.6 Å². The van der Waals surface area contributed by atoms with E-state index in [-0.39, 0.29) is 0 Å². The van der Waals surface area contributed by atoms with Crippen molar-refractivity contribution in [2.75, 3.05) is 7.11 Å². The molecule has 1 heterocycles. The molecule has 0 bridgehead atoms. The lowest BCUT2D eigenvalue weighted by Gasteiger charge is -2.18. The Bertz CT molecular complexity index is 635. The third kappa shape index (κ3) is 3.98. The number of aliphatic hydroxyl groups is 1. The summed E-state index contributed by atoms with van der Waals surface area (Å²) < 4.78 is 10.5. The maximum absolute atomic E-state index is 10.6. The molecule has 0 amide bonds. The molecule has 1 aromatic heterocycles. The van der Waals surface area contributed by atoms with Gasteiger partial charge in [-0.05, 0) is 57.9 Å². The van der Waals surface area contributed by atoms with Gasteiger partial charge >= 0.3 is 0 Å². The van der Waals surface area contributed by atoms with Crippen molar-refractivity contribution in [3.63, 3.8) is 0 Å². The van der Waals surface area contributed by atoms with Crippen molar-refractivity contribution in [3.05, 3.63) is 47.7 Å². The number of nitrogens with zero attached hydrogens (tertiary/aromatic N) is 1. The van der Waals surface area contributed by atoms with Gasteiger partial charge in [0.05, 0.1) is 7.11 Å². The number of benzene rings is 1. The first kappa shape index (κ1) is 16.3. The third-order valence-electron chi connectivity index (χ3n) is 3.61. The molecule has 1 atom stereocenters. The molecule has 0 aliphatic heterocycles. The number of aromatic nitrogens is 1. The molecule has 2 rings (SSSR count). The summed E-state index contributed by atoms with van der Waals surface area (Å²) >= 11 is 0. The Labute approximate surface area is 131 Å². The lowest BCUT2D eigenvalue weighted by Crippen LogP contribution is -2.19. The second kappa shape index (κ2) is 6.79. The van der Waals surface area contributed by atoms with Crippen molar-refractivity contribution in [2.24, 2.45) is 0 Å². The molecule has 0 aliphatic carbocycles. The zero-order chi connectivity index (χ0) is 16.2. The zero-order valence-corrected chi connectivity index (χ0v) is 13.6. The van der Waals surface area contributed by atoms with Crippen molar-refractivity contribution < 1.29 is 14.4 Å². The first-order valence-corrected chi connectivity index (χ1v) is 7.40. The summed E-state index contributed by atoms with van der Waals surface area (Å²) in [5.74, 6) is 1.28. The Balaban J connectivity index is 2.13. The molecule has 1 aromatic carbocycles. The van der Waals surface area contributed by atoms with Crippen molar-refractivity contribution in [3.8, 4) is 17.0 Å². The van der Waals surface area contributed by atoms with E-state index in [9.17, 15) is 5.11 Å². The molecule has 118 valence electrons. The van der Waals surface area contributed by atoms with Crippen LogP contribution in [0, 0.1) is 0 Å². The second-order valence-corrected chi connectivity index (χ2v) is 5.90. The van der Waals surface area contributed by atoms with E-state index < -0.39 is 5.60 Å². The minimum atomic E-state index is -1.02. The molecule has 0 saturated carbocycles. The summed E-state index contributed by atoms with van der Waals surface area (Å²) in [7, 11) is 1.63. The molecule has 4 heteroatoms. The van der Waals surface area contributed by atoms with Gasteiger partial charge in [0.2, 0.25) is 0 Å². The number of hydrogen-bond acceptors (Lipinski definition) is 4. The summed E-state index contributed by atoms with van der Waals surface area (Å²) in [4.78, 5) is 0. The quantitative estimate of drug-likeness (QED) is 0.808. The summed E-state index contributed by atoms with van der Waals surface area (Å²) in [5, 5.41) is 14.6. The van der Waals surface area contributed by atoms with Crippen LogP contribution in [0.15, 0.2) is 46.5 Å². The highest BCUT2D eigenvalue weighted by Crippen LogP contribution is 2.30. The van der Waals surface area contributed by atoms with Crippen LogP contribution in [0.3, 0.4) is 0 Å². The zero-order valence-electron chi connectivity index (χ0n) is 13.6.